The van der Waals surface area contributed by atoms with E-state index in [0.29, 0.717) is 16.0 Å². The first-order chi connectivity index (χ1) is 16.5. The Bertz CT molecular complexity index is 1280. The normalized spacial score (nSPS) is 11.9. The number of hydrogen-bond acceptors (Lipinski definition) is 8. The Kier molecular flexibility index (Phi) is 7.54. The number of carbonyl (C=O) groups is 2. The van der Waals surface area contributed by atoms with Gasteiger partial charge in [-0.2, -0.15) is 0 Å². The van der Waals surface area contributed by atoms with Crippen molar-refractivity contribution in [3.05, 3.63) is 76.2 Å². The highest BCUT2D eigenvalue weighted by Crippen LogP contribution is 2.30. The Hall–Kier alpha value is -3.30. The number of nitrogens with zero attached hydrogens (tertiary/aromatic N) is 4. The van der Waals surface area contributed by atoms with Crippen molar-refractivity contribution in [2.45, 2.75) is 31.8 Å². The minimum atomic E-state index is -1.05. The smallest absolute Gasteiger partial charge is 0.323 e. The third-order valence-electron chi connectivity index (χ3n) is 5.03. The van der Waals surface area contributed by atoms with Gasteiger partial charge in [0.1, 0.15) is 5.01 Å². The van der Waals surface area contributed by atoms with Gasteiger partial charge in [0.2, 0.25) is 0 Å². The molecular formula is C25H24N4O3S2. The second kappa shape index (κ2) is 10.8. The number of thiazole rings is 1. The van der Waals surface area contributed by atoms with E-state index in [1.165, 1.54) is 23.1 Å². The molecule has 0 bridgehead atoms. The predicted octanol–water partition coefficient (Wildman–Crippen LogP) is 5.02. The maximum atomic E-state index is 13.2. The maximum absolute atomic E-state index is 13.2. The van der Waals surface area contributed by atoms with E-state index in [-0.39, 0.29) is 18.1 Å². The van der Waals surface area contributed by atoms with Crippen LogP contribution in [0.3, 0.4) is 0 Å². The molecule has 2 heterocycles. The molecule has 0 radical (unpaired) electrons. The van der Waals surface area contributed by atoms with Crippen LogP contribution in [0.5, 0.6) is 0 Å². The van der Waals surface area contributed by atoms with Gasteiger partial charge in [-0.3, -0.25) is 14.2 Å². The number of carbonyl (C=O) groups excluding carboxylic acids is 2. The van der Waals surface area contributed by atoms with E-state index in [0.717, 1.165) is 22.5 Å². The van der Waals surface area contributed by atoms with Crippen molar-refractivity contribution in [3.63, 3.8) is 0 Å². The Morgan fingerprint density at radius 2 is 1.79 bits per heavy atom. The van der Waals surface area contributed by atoms with E-state index < -0.39 is 11.9 Å². The van der Waals surface area contributed by atoms with Crippen molar-refractivity contribution < 1.29 is 14.3 Å². The van der Waals surface area contributed by atoms with Crippen LogP contribution in [-0.2, 0) is 14.3 Å². The Morgan fingerprint density at radius 1 is 1.06 bits per heavy atom. The average molecular weight is 493 g/mol. The number of benzene rings is 2. The standard InChI is InChI=1S/C25H24N4O3S2/c1-4-32-24(31)21(23-26-17(3)14-33-23)20(30)15-34-25-28-27-22(18-8-6-5-7-9-18)29(25)19-12-10-16(2)11-13-19/h5-14,21H,4,15H2,1-3H3. The molecule has 0 saturated heterocycles. The molecule has 1 unspecified atom stereocenters. The molecule has 4 rings (SSSR count). The van der Waals surface area contributed by atoms with Crippen LogP contribution >= 0.6 is 23.1 Å². The molecule has 7 nitrogen and oxygen atoms in total. The lowest BCUT2D eigenvalue weighted by atomic mass is 10.1. The summed E-state index contributed by atoms with van der Waals surface area (Å²) < 4.78 is 7.10. The minimum Gasteiger partial charge on any atom is -0.465 e. The molecule has 0 fully saturated rings. The third kappa shape index (κ3) is 5.26. The molecule has 2 aromatic carbocycles. The van der Waals surface area contributed by atoms with E-state index in [1.54, 1.807) is 6.92 Å². The fraction of sp³-hybridized carbons (Fsp3) is 0.240. The van der Waals surface area contributed by atoms with Crippen LogP contribution in [0.2, 0.25) is 0 Å². The minimum absolute atomic E-state index is 0.0287. The first kappa shape index (κ1) is 23.8. The summed E-state index contributed by atoms with van der Waals surface area (Å²) in [5.41, 5.74) is 3.71. The number of aryl methyl sites for hydroxylation is 2. The SMILES string of the molecule is CCOC(=O)C(C(=O)CSc1nnc(-c2ccccc2)n1-c1ccc(C)cc1)c1nc(C)cs1. The molecule has 1 atom stereocenters. The second-order valence-corrected chi connectivity index (χ2v) is 9.44. The van der Waals surface area contributed by atoms with Gasteiger partial charge in [0, 0.05) is 22.3 Å². The average Bonchev–Trinajstić information content (AvgIpc) is 3.45. The zero-order valence-corrected chi connectivity index (χ0v) is 20.7. The predicted molar refractivity (Wildman–Crippen MR) is 133 cm³/mol. The van der Waals surface area contributed by atoms with E-state index >= 15 is 0 Å². The van der Waals surface area contributed by atoms with Crippen LogP contribution in [0, 0.1) is 13.8 Å². The highest BCUT2D eigenvalue weighted by Gasteiger charge is 2.33. The molecule has 0 aliphatic rings. The van der Waals surface area contributed by atoms with Crippen LogP contribution in [0.1, 0.15) is 29.1 Å². The van der Waals surface area contributed by atoms with Gasteiger partial charge in [-0.15, -0.1) is 21.5 Å². The molecule has 0 aliphatic heterocycles. The number of thioether (sulfide) groups is 1. The summed E-state index contributed by atoms with van der Waals surface area (Å²) in [4.78, 5) is 30.2. The van der Waals surface area contributed by atoms with Crippen molar-refractivity contribution in [2.75, 3.05) is 12.4 Å². The molecule has 2 aromatic heterocycles. The second-order valence-electron chi connectivity index (χ2n) is 7.61. The van der Waals surface area contributed by atoms with Crippen LogP contribution in [0.4, 0.5) is 0 Å². The first-order valence-corrected chi connectivity index (χ1v) is 12.7. The lowest BCUT2D eigenvalue weighted by Crippen LogP contribution is -2.25. The number of ether oxygens (including phenoxy) is 1. The molecule has 0 spiro atoms. The lowest BCUT2D eigenvalue weighted by molar-refractivity contribution is -0.147. The van der Waals surface area contributed by atoms with E-state index in [1.807, 2.05) is 78.4 Å². The summed E-state index contributed by atoms with van der Waals surface area (Å²) in [6, 6.07) is 17.8. The van der Waals surface area contributed by atoms with Gasteiger partial charge >= 0.3 is 5.97 Å². The topological polar surface area (TPSA) is 87.0 Å². The Labute approximate surface area is 206 Å². The highest BCUT2D eigenvalue weighted by molar-refractivity contribution is 7.99. The number of esters is 1. The molecule has 9 heteroatoms. The number of hydrogen-bond donors (Lipinski definition) is 0. The molecule has 0 N–H and O–H groups in total. The summed E-state index contributed by atoms with van der Waals surface area (Å²) >= 11 is 2.53. The molecule has 0 amide bonds. The van der Waals surface area contributed by atoms with Crippen LogP contribution < -0.4 is 0 Å². The monoisotopic (exact) mass is 492 g/mol. The highest BCUT2D eigenvalue weighted by atomic mass is 32.2. The molecular weight excluding hydrogens is 468 g/mol. The first-order valence-electron chi connectivity index (χ1n) is 10.8. The fourth-order valence-corrected chi connectivity index (χ4v) is 5.15. The molecule has 174 valence electrons. The number of Topliss-reactive ketones (excluding diaryl/α,β-unsaturated/α-hetero) is 1. The van der Waals surface area contributed by atoms with Gasteiger partial charge in [-0.25, -0.2) is 4.98 Å². The van der Waals surface area contributed by atoms with E-state index in [9.17, 15) is 9.59 Å². The summed E-state index contributed by atoms with van der Waals surface area (Å²) in [7, 11) is 0. The van der Waals surface area contributed by atoms with Gasteiger partial charge in [-0.05, 0) is 32.9 Å². The number of rotatable bonds is 9. The fourth-order valence-electron chi connectivity index (χ4n) is 3.38. The zero-order chi connectivity index (χ0) is 24.1. The maximum Gasteiger partial charge on any atom is 0.323 e. The summed E-state index contributed by atoms with van der Waals surface area (Å²) in [5, 5.41) is 11.6. The van der Waals surface area contributed by atoms with Crippen molar-refractivity contribution in [1.82, 2.24) is 19.7 Å². The summed E-state index contributed by atoms with van der Waals surface area (Å²) in [6.07, 6.45) is 0. The summed E-state index contributed by atoms with van der Waals surface area (Å²) in [5.74, 6) is -1.20. The number of aromatic nitrogens is 4. The van der Waals surface area contributed by atoms with Crippen LogP contribution in [-0.4, -0.2) is 43.9 Å². The molecule has 4 aromatic rings. The zero-order valence-electron chi connectivity index (χ0n) is 19.1. The molecule has 0 saturated carbocycles. The van der Waals surface area contributed by atoms with Gasteiger partial charge in [0.15, 0.2) is 22.7 Å². The van der Waals surface area contributed by atoms with Crippen molar-refractivity contribution in [3.8, 4) is 17.1 Å². The lowest BCUT2D eigenvalue weighted by Gasteiger charge is -2.13. The van der Waals surface area contributed by atoms with Crippen molar-refractivity contribution in [1.29, 1.82) is 0 Å². The van der Waals surface area contributed by atoms with E-state index in [4.69, 9.17) is 4.74 Å². The molecule has 0 aliphatic carbocycles. The summed E-state index contributed by atoms with van der Waals surface area (Å²) in [6.45, 7) is 5.77. The van der Waals surface area contributed by atoms with Gasteiger partial charge in [0.25, 0.3) is 0 Å². The Morgan fingerprint density at radius 3 is 2.44 bits per heavy atom. The van der Waals surface area contributed by atoms with Gasteiger partial charge in [-0.1, -0.05) is 59.8 Å². The third-order valence-corrected chi connectivity index (χ3v) is 7.01. The van der Waals surface area contributed by atoms with E-state index in [2.05, 4.69) is 15.2 Å². The van der Waals surface area contributed by atoms with Gasteiger partial charge in [0.05, 0.1) is 12.4 Å². The van der Waals surface area contributed by atoms with Gasteiger partial charge < -0.3 is 4.74 Å². The number of ketones is 1. The van der Waals surface area contributed by atoms with Crippen molar-refractivity contribution in [2.24, 2.45) is 0 Å². The largest absolute Gasteiger partial charge is 0.465 e. The molecule has 34 heavy (non-hydrogen) atoms. The van der Waals surface area contributed by atoms with Crippen molar-refractivity contribution >= 4 is 34.9 Å². The van der Waals surface area contributed by atoms with Crippen LogP contribution in [0.15, 0.2) is 65.1 Å². The Balaban J connectivity index is 1.64. The quantitative estimate of drug-likeness (QED) is 0.184. The van der Waals surface area contributed by atoms with Crippen LogP contribution in [0.25, 0.3) is 17.1 Å².